The van der Waals surface area contributed by atoms with Crippen LogP contribution in [0.5, 0.6) is 0 Å². The molecule has 1 heterocycles. The summed E-state index contributed by atoms with van der Waals surface area (Å²) in [5.41, 5.74) is -2.00. The lowest BCUT2D eigenvalue weighted by Crippen LogP contribution is -2.10. The van der Waals surface area contributed by atoms with Crippen molar-refractivity contribution in [1.82, 2.24) is 4.98 Å². The monoisotopic (exact) mass is 239 g/mol. The average molecular weight is 240 g/mol. The number of alkyl halides is 3. The number of halogens is 4. The number of rotatable bonds is 3. The number of carboxylic acid groups (broad SMARTS) is 1. The summed E-state index contributed by atoms with van der Waals surface area (Å²) >= 11 is 5.31. The Morgan fingerprint density at radius 1 is 1.60 bits per heavy atom. The van der Waals surface area contributed by atoms with Crippen LogP contribution in [0, 0.1) is 5.95 Å². The maximum absolute atomic E-state index is 12.9. The minimum Gasteiger partial charge on any atom is -0.478 e. The van der Waals surface area contributed by atoms with E-state index in [1.54, 1.807) is 0 Å². The van der Waals surface area contributed by atoms with Gasteiger partial charge in [-0.05, 0) is 5.56 Å². The summed E-state index contributed by atoms with van der Waals surface area (Å²) in [4.78, 5) is 13.5. The van der Waals surface area contributed by atoms with Crippen molar-refractivity contribution in [3.63, 3.8) is 0 Å². The van der Waals surface area contributed by atoms with Gasteiger partial charge < -0.3 is 5.11 Å². The first-order chi connectivity index (χ1) is 6.99. The Labute approximate surface area is 87.5 Å². The quantitative estimate of drug-likeness (QED) is 0.652. The van der Waals surface area contributed by atoms with Crippen molar-refractivity contribution >= 4 is 17.6 Å². The number of aromatic nitrogens is 1. The molecule has 0 atom stereocenters. The molecule has 0 aliphatic heterocycles. The third-order valence-electron chi connectivity index (χ3n) is 1.76. The van der Waals surface area contributed by atoms with Crippen molar-refractivity contribution in [3.8, 4) is 0 Å². The van der Waals surface area contributed by atoms with Gasteiger partial charge in [0.05, 0.1) is 0 Å². The van der Waals surface area contributed by atoms with Crippen LogP contribution in [0.3, 0.4) is 0 Å². The van der Waals surface area contributed by atoms with Gasteiger partial charge in [-0.15, -0.1) is 11.6 Å². The minimum absolute atomic E-state index is 0.438. The van der Waals surface area contributed by atoms with E-state index in [-0.39, 0.29) is 0 Å². The largest absolute Gasteiger partial charge is 0.478 e. The van der Waals surface area contributed by atoms with Crippen LogP contribution in [-0.2, 0) is 5.88 Å². The van der Waals surface area contributed by atoms with Crippen LogP contribution in [-0.4, -0.2) is 16.1 Å². The van der Waals surface area contributed by atoms with Crippen LogP contribution in [0.1, 0.15) is 27.9 Å². The average Bonchev–Trinajstić information content (AvgIpc) is 2.15. The van der Waals surface area contributed by atoms with Gasteiger partial charge in [0.15, 0.2) is 0 Å². The highest BCUT2D eigenvalue weighted by Crippen LogP contribution is 2.27. The number of aromatic carboxylic acids is 1. The minimum atomic E-state index is -2.94. The molecule has 0 aliphatic carbocycles. The number of hydrogen-bond donors (Lipinski definition) is 1. The van der Waals surface area contributed by atoms with Gasteiger partial charge in [-0.1, -0.05) is 0 Å². The van der Waals surface area contributed by atoms with Gasteiger partial charge in [-0.3, -0.25) is 0 Å². The first-order valence-electron chi connectivity index (χ1n) is 3.73. The predicted molar refractivity (Wildman–Crippen MR) is 45.7 cm³/mol. The van der Waals surface area contributed by atoms with Crippen LogP contribution in [0.4, 0.5) is 13.2 Å². The summed E-state index contributed by atoms with van der Waals surface area (Å²) in [6, 6.07) is 0. The topological polar surface area (TPSA) is 50.2 Å². The Hall–Kier alpha value is -1.30. The molecule has 0 radical (unpaired) electrons. The molecule has 0 saturated heterocycles. The molecule has 0 bridgehead atoms. The summed E-state index contributed by atoms with van der Waals surface area (Å²) in [6.07, 6.45) is -2.35. The molecule has 0 unspecified atom stereocenters. The molecule has 7 heteroatoms. The number of carboxylic acids is 1. The second kappa shape index (κ2) is 4.48. The Balaban J connectivity index is 3.47. The highest BCUT2D eigenvalue weighted by molar-refractivity contribution is 6.17. The van der Waals surface area contributed by atoms with E-state index < -0.39 is 40.9 Å². The van der Waals surface area contributed by atoms with Gasteiger partial charge in [0, 0.05) is 17.6 Å². The zero-order valence-corrected chi connectivity index (χ0v) is 7.93. The van der Waals surface area contributed by atoms with E-state index in [0.29, 0.717) is 6.20 Å². The summed E-state index contributed by atoms with van der Waals surface area (Å²) in [7, 11) is 0. The van der Waals surface area contributed by atoms with Crippen LogP contribution >= 0.6 is 11.6 Å². The Morgan fingerprint density at radius 2 is 2.20 bits per heavy atom. The third-order valence-corrected chi connectivity index (χ3v) is 2.02. The van der Waals surface area contributed by atoms with Crippen molar-refractivity contribution in [2.75, 3.05) is 0 Å². The molecule has 0 aromatic carbocycles. The molecule has 1 aromatic rings. The van der Waals surface area contributed by atoms with Crippen LogP contribution in [0.15, 0.2) is 6.20 Å². The van der Waals surface area contributed by atoms with E-state index in [4.69, 9.17) is 16.7 Å². The first-order valence-corrected chi connectivity index (χ1v) is 4.27. The van der Waals surface area contributed by atoms with E-state index in [1.807, 2.05) is 0 Å². The molecule has 0 saturated carbocycles. The SMILES string of the molecule is O=C(O)c1c(F)ncc(C(F)F)c1CCl. The van der Waals surface area contributed by atoms with Crippen LogP contribution in [0.25, 0.3) is 0 Å². The number of hydrogen-bond acceptors (Lipinski definition) is 2. The van der Waals surface area contributed by atoms with E-state index in [0.717, 1.165) is 0 Å². The molecule has 0 spiro atoms. The van der Waals surface area contributed by atoms with Crippen LogP contribution in [0.2, 0.25) is 0 Å². The van der Waals surface area contributed by atoms with E-state index in [2.05, 4.69) is 4.98 Å². The van der Waals surface area contributed by atoms with Crippen molar-refractivity contribution in [2.45, 2.75) is 12.3 Å². The summed E-state index contributed by atoms with van der Waals surface area (Å²) in [6.45, 7) is 0. The number of pyridine rings is 1. The van der Waals surface area contributed by atoms with Gasteiger partial charge in [0.25, 0.3) is 6.43 Å². The molecule has 0 aliphatic rings. The first kappa shape index (κ1) is 11.8. The molecule has 0 fully saturated rings. The standard InChI is InChI=1S/C8H5ClF3NO2/c9-1-3-4(6(10)11)2-13-7(12)5(3)8(14)15/h2,6H,1H2,(H,14,15). The van der Waals surface area contributed by atoms with E-state index in [1.165, 1.54) is 0 Å². The number of carbonyl (C=O) groups is 1. The van der Waals surface area contributed by atoms with Gasteiger partial charge in [0.2, 0.25) is 5.95 Å². The zero-order chi connectivity index (χ0) is 11.6. The fourth-order valence-electron chi connectivity index (χ4n) is 1.09. The normalized spacial score (nSPS) is 10.7. The molecule has 1 N–H and O–H groups in total. The Morgan fingerprint density at radius 3 is 2.60 bits per heavy atom. The summed E-state index contributed by atoms with van der Waals surface area (Å²) < 4.78 is 37.7. The van der Waals surface area contributed by atoms with E-state index >= 15 is 0 Å². The van der Waals surface area contributed by atoms with Gasteiger partial charge >= 0.3 is 5.97 Å². The second-order valence-corrected chi connectivity index (χ2v) is 2.86. The lowest BCUT2D eigenvalue weighted by atomic mass is 10.1. The smallest absolute Gasteiger partial charge is 0.340 e. The fourth-order valence-corrected chi connectivity index (χ4v) is 1.37. The van der Waals surface area contributed by atoms with Crippen molar-refractivity contribution in [1.29, 1.82) is 0 Å². The maximum atomic E-state index is 12.9. The molecule has 1 rings (SSSR count). The molecule has 1 aromatic heterocycles. The van der Waals surface area contributed by atoms with E-state index in [9.17, 15) is 18.0 Å². The lowest BCUT2D eigenvalue weighted by molar-refractivity contribution is 0.0689. The molecule has 15 heavy (non-hydrogen) atoms. The maximum Gasteiger partial charge on any atom is 0.340 e. The molecule has 3 nitrogen and oxygen atoms in total. The highest BCUT2D eigenvalue weighted by Gasteiger charge is 2.23. The summed E-state index contributed by atoms with van der Waals surface area (Å²) in [5, 5.41) is 8.60. The lowest BCUT2D eigenvalue weighted by Gasteiger charge is -2.09. The van der Waals surface area contributed by atoms with Crippen molar-refractivity contribution in [3.05, 3.63) is 28.8 Å². The van der Waals surface area contributed by atoms with Crippen LogP contribution < -0.4 is 0 Å². The summed E-state index contributed by atoms with van der Waals surface area (Å²) in [5.74, 6) is -3.50. The zero-order valence-electron chi connectivity index (χ0n) is 7.18. The molecule has 82 valence electrons. The van der Waals surface area contributed by atoms with Crippen molar-refractivity contribution in [2.24, 2.45) is 0 Å². The third kappa shape index (κ3) is 2.20. The van der Waals surface area contributed by atoms with Crippen molar-refractivity contribution < 1.29 is 23.1 Å². The molecular formula is C8H5ClF3NO2. The molecule has 0 amide bonds. The highest BCUT2D eigenvalue weighted by atomic mass is 35.5. The fraction of sp³-hybridized carbons (Fsp3) is 0.250. The van der Waals surface area contributed by atoms with Gasteiger partial charge in [-0.2, -0.15) is 4.39 Å². The second-order valence-electron chi connectivity index (χ2n) is 2.60. The van der Waals surface area contributed by atoms with Gasteiger partial charge in [-0.25, -0.2) is 18.6 Å². The molecular weight excluding hydrogens is 235 g/mol. The Bertz CT molecular complexity index is 398. The van der Waals surface area contributed by atoms with Gasteiger partial charge in [0.1, 0.15) is 5.56 Å². The number of nitrogens with zero attached hydrogens (tertiary/aromatic N) is 1. The Kier molecular flexibility index (Phi) is 3.52. The predicted octanol–water partition coefficient (Wildman–Crippen LogP) is 2.60.